The maximum absolute atomic E-state index is 12.5. The van der Waals surface area contributed by atoms with Gasteiger partial charge in [-0.25, -0.2) is 4.98 Å². The van der Waals surface area contributed by atoms with E-state index in [-0.39, 0.29) is 23.0 Å². The summed E-state index contributed by atoms with van der Waals surface area (Å²) in [5, 5.41) is 11.9. The van der Waals surface area contributed by atoms with E-state index in [1.54, 1.807) is 38.1 Å². The van der Waals surface area contributed by atoms with Crippen LogP contribution in [0.3, 0.4) is 0 Å². The van der Waals surface area contributed by atoms with Gasteiger partial charge in [0, 0.05) is 16.8 Å². The third-order valence-corrected chi connectivity index (χ3v) is 5.00. The van der Waals surface area contributed by atoms with Crippen LogP contribution in [0, 0.1) is 18.3 Å². The van der Waals surface area contributed by atoms with Crippen LogP contribution in [0.15, 0.2) is 35.4 Å². The monoisotopic (exact) mass is 381 g/mol. The molecule has 1 atom stereocenters. The summed E-state index contributed by atoms with van der Waals surface area (Å²) in [7, 11) is 0. The van der Waals surface area contributed by atoms with Gasteiger partial charge in [0.25, 0.3) is 0 Å². The summed E-state index contributed by atoms with van der Waals surface area (Å²) in [6.07, 6.45) is 0. The molecule has 1 aromatic carbocycles. The van der Waals surface area contributed by atoms with E-state index < -0.39 is 5.25 Å². The molecule has 0 saturated carbocycles. The molecule has 1 N–H and O–H groups in total. The number of benzene rings is 1. The second kappa shape index (κ2) is 8.60. The van der Waals surface area contributed by atoms with E-state index in [9.17, 15) is 19.6 Å². The summed E-state index contributed by atoms with van der Waals surface area (Å²) in [5.74, 6) is -0.623. The Morgan fingerprint density at radius 3 is 2.37 bits per heavy atom. The molecule has 0 fully saturated rings. The molecule has 6 nitrogen and oxygen atoms in total. The number of carbonyl (C=O) groups is 3. The van der Waals surface area contributed by atoms with Crippen molar-refractivity contribution in [3.8, 4) is 6.07 Å². The van der Waals surface area contributed by atoms with E-state index in [4.69, 9.17) is 0 Å². The second-order valence-electron chi connectivity index (χ2n) is 5.99. The number of rotatable bonds is 6. The van der Waals surface area contributed by atoms with Crippen molar-refractivity contribution in [2.75, 3.05) is 5.32 Å². The first-order valence-electron chi connectivity index (χ1n) is 8.24. The third-order valence-electron chi connectivity index (χ3n) is 3.90. The van der Waals surface area contributed by atoms with Crippen LogP contribution in [-0.2, 0) is 4.79 Å². The van der Waals surface area contributed by atoms with Gasteiger partial charge in [-0.2, -0.15) is 5.26 Å². The fourth-order valence-corrected chi connectivity index (χ4v) is 3.39. The molecule has 27 heavy (non-hydrogen) atoms. The molecule has 0 saturated heterocycles. The topological polar surface area (TPSA) is 99.9 Å². The van der Waals surface area contributed by atoms with E-state index in [2.05, 4.69) is 10.3 Å². The zero-order valence-electron chi connectivity index (χ0n) is 15.5. The van der Waals surface area contributed by atoms with Gasteiger partial charge in [-0.15, -0.1) is 0 Å². The van der Waals surface area contributed by atoms with E-state index in [1.807, 2.05) is 6.07 Å². The summed E-state index contributed by atoms with van der Waals surface area (Å²) in [6.45, 7) is 6.23. The molecule has 2 aromatic rings. The Morgan fingerprint density at radius 1 is 1.15 bits per heavy atom. The van der Waals surface area contributed by atoms with E-state index in [0.717, 1.165) is 11.8 Å². The Balaban J connectivity index is 2.23. The molecule has 0 spiro atoms. The van der Waals surface area contributed by atoms with Crippen molar-refractivity contribution in [3.05, 3.63) is 52.7 Å². The number of aryl methyl sites for hydroxylation is 1. The van der Waals surface area contributed by atoms with Crippen LogP contribution in [0.25, 0.3) is 0 Å². The lowest BCUT2D eigenvalue weighted by Gasteiger charge is -2.15. The van der Waals surface area contributed by atoms with Crippen molar-refractivity contribution in [3.63, 3.8) is 0 Å². The highest BCUT2D eigenvalue weighted by Gasteiger charge is 2.20. The van der Waals surface area contributed by atoms with Gasteiger partial charge in [0.15, 0.2) is 11.6 Å². The minimum Gasteiger partial charge on any atom is -0.324 e. The van der Waals surface area contributed by atoms with E-state index in [1.165, 1.54) is 19.9 Å². The zero-order valence-corrected chi connectivity index (χ0v) is 16.3. The van der Waals surface area contributed by atoms with Crippen molar-refractivity contribution < 1.29 is 14.4 Å². The number of Topliss-reactive ketones (excluding diaryl/α,β-unsaturated/α-hetero) is 2. The highest BCUT2D eigenvalue weighted by molar-refractivity contribution is 8.00. The quantitative estimate of drug-likeness (QED) is 0.604. The fraction of sp³-hybridized carbons (Fsp3) is 0.250. The Bertz CT molecular complexity index is 963. The number of nitrogens with zero attached hydrogens (tertiary/aromatic N) is 2. The number of amides is 1. The molecule has 2 rings (SSSR count). The van der Waals surface area contributed by atoms with Gasteiger partial charge in [-0.05, 0) is 45.9 Å². The largest absolute Gasteiger partial charge is 0.324 e. The number of nitriles is 1. The van der Waals surface area contributed by atoms with Crippen LogP contribution in [0.5, 0.6) is 0 Å². The Hall–Kier alpha value is -2.98. The first-order chi connectivity index (χ1) is 12.7. The molecular weight excluding hydrogens is 362 g/mol. The van der Waals surface area contributed by atoms with Crippen molar-refractivity contribution >= 4 is 34.9 Å². The molecule has 0 radical (unpaired) electrons. The zero-order chi connectivity index (χ0) is 20.1. The molecule has 138 valence electrons. The third kappa shape index (κ3) is 4.80. The van der Waals surface area contributed by atoms with Crippen LogP contribution >= 0.6 is 11.8 Å². The molecule has 1 aromatic heterocycles. The Kier molecular flexibility index (Phi) is 6.48. The number of hydrogen-bond donors (Lipinski definition) is 1. The average molecular weight is 381 g/mol. The molecule has 0 bridgehead atoms. The number of pyridine rings is 1. The summed E-state index contributed by atoms with van der Waals surface area (Å²) >= 11 is 1.13. The smallest absolute Gasteiger partial charge is 0.237 e. The average Bonchev–Trinajstić information content (AvgIpc) is 2.61. The van der Waals surface area contributed by atoms with Crippen LogP contribution in [0.4, 0.5) is 5.69 Å². The summed E-state index contributed by atoms with van der Waals surface area (Å²) < 4.78 is 0. The van der Waals surface area contributed by atoms with Gasteiger partial charge in [-0.3, -0.25) is 14.4 Å². The normalized spacial score (nSPS) is 11.4. The van der Waals surface area contributed by atoms with Gasteiger partial charge < -0.3 is 5.32 Å². The summed E-state index contributed by atoms with van der Waals surface area (Å²) in [4.78, 5) is 40.2. The first kappa shape index (κ1) is 20.3. The number of hydrogen-bond acceptors (Lipinski definition) is 6. The highest BCUT2D eigenvalue weighted by atomic mass is 32.2. The number of nitrogens with one attached hydrogen (secondary N) is 1. The van der Waals surface area contributed by atoms with E-state index >= 15 is 0 Å². The summed E-state index contributed by atoms with van der Waals surface area (Å²) in [5.41, 5.74) is 2.03. The van der Waals surface area contributed by atoms with Gasteiger partial charge >= 0.3 is 0 Å². The SMILES string of the molecule is CC(=O)c1ccccc1NC(=O)C(C)Sc1nc(C)c(C(C)=O)cc1C#N. The number of ketones is 2. The van der Waals surface area contributed by atoms with E-state index in [0.29, 0.717) is 27.5 Å². The van der Waals surface area contributed by atoms with Crippen LogP contribution < -0.4 is 5.32 Å². The van der Waals surface area contributed by atoms with Gasteiger partial charge in [-0.1, -0.05) is 23.9 Å². The maximum atomic E-state index is 12.5. The molecule has 0 aliphatic rings. The number of para-hydroxylation sites is 1. The molecule has 7 heteroatoms. The first-order valence-corrected chi connectivity index (χ1v) is 9.12. The highest BCUT2D eigenvalue weighted by Crippen LogP contribution is 2.28. The lowest BCUT2D eigenvalue weighted by molar-refractivity contribution is -0.115. The van der Waals surface area contributed by atoms with Crippen LogP contribution in [0.1, 0.15) is 52.7 Å². The predicted octanol–water partition coefficient (Wildman–Crippen LogP) is 3.79. The predicted molar refractivity (Wildman–Crippen MR) is 104 cm³/mol. The second-order valence-corrected chi connectivity index (χ2v) is 7.32. The minimum atomic E-state index is -0.563. The van der Waals surface area contributed by atoms with Crippen LogP contribution in [-0.4, -0.2) is 27.7 Å². The summed E-state index contributed by atoms with van der Waals surface area (Å²) in [6, 6.07) is 10.3. The minimum absolute atomic E-state index is 0.143. The lowest BCUT2D eigenvalue weighted by atomic mass is 10.1. The van der Waals surface area contributed by atoms with Gasteiger partial charge in [0.2, 0.25) is 5.91 Å². The van der Waals surface area contributed by atoms with Crippen molar-refractivity contribution in [2.24, 2.45) is 0 Å². The van der Waals surface area contributed by atoms with Crippen LogP contribution in [0.2, 0.25) is 0 Å². The maximum Gasteiger partial charge on any atom is 0.237 e. The molecule has 1 heterocycles. The molecular formula is C20H19N3O3S. The van der Waals surface area contributed by atoms with Crippen molar-refractivity contribution in [1.82, 2.24) is 4.98 Å². The Labute approximate surface area is 162 Å². The molecule has 0 aliphatic heterocycles. The fourth-order valence-electron chi connectivity index (χ4n) is 2.46. The standard InChI is InChI=1S/C20H19N3O3S/c1-11-17(13(3)25)9-15(10-21)20(22-11)27-14(4)19(26)23-18-8-6-5-7-16(18)12(2)24/h5-9,14H,1-4H3,(H,23,26). The number of anilines is 1. The molecule has 1 unspecified atom stereocenters. The molecule has 1 amide bonds. The number of aromatic nitrogens is 1. The molecule has 0 aliphatic carbocycles. The number of carbonyl (C=O) groups excluding carboxylic acids is 3. The van der Waals surface area contributed by atoms with Gasteiger partial charge in [0.1, 0.15) is 11.1 Å². The van der Waals surface area contributed by atoms with Gasteiger partial charge in [0.05, 0.1) is 16.5 Å². The van der Waals surface area contributed by atoms with Crippen molar-refractivity contribution in [1.29, 1.82) is 5.26 Å². The number of thioether (sulfide) groups is 1. The van der Waals surface area contributed by atoms with Crippen molar-refractivity contribution in [2.45, 2.75) is 38.0 Å². The Morgan fingerprint density at radius 2 is 1.78 bits per heavy atom. The lowest BCUT2D eigenvalue weighted by Crippen LogP contribution is -2.23.